The number of hydrogen-bond acceptors (Lipinski definition) is 8. The molecule has 2 aromatic heterocycles. The number of hydrogen-bond donors (Lipinski definition) is 0. The van der Waals surface area contributed by atoms with E-state index in [1.807, 2.05) is 27.7 Å². The molecule has 226 valence electrons. The van der Waals surface area contributed by atoms with E-state index in [0.29, 0.717) is 5.56 Å². The maximum Gasteiger partial charge on any atom is 0.358 e. The normalized spacial score (nSPS) is 31.0. The zero-order valence-electron chi connectivity index (χ0n) is 25.2. The lowest BCUT2D eigenvalue weighted by atomic mass is 9.39. The molecule has 0 saturated heterocycles. The third-order valence-electron chi connectivity index (χ3n) is 8.77. The first-order valence-corrected chi connectivity index (χ1v) is 16.4. The minimum atomic E-state index is -3.51. The summed E-state index contributed by atoms with van der Waals surface area (Å²) < 4.78 is 42.1. The third kappa shape index (κ3) is 6.50. The van der Waals surface area contributed by atoms with Gasteiger partial charge in [-0.3, -0.25) is 8.86 Å². The Hall–Kier alpha value is -2.01. The second-order valence-corrected chi connectivity index (χ2v) is 16.6. The fourth-order valence-electron chi connectivity index (χ4n) is 8.92. The molecule has 0 spiro atoms. The van der Waals surface area contributed by atoms with E-state index in [1.54, 1.807) is 18.3 Å². The van der Waals surface area contributed by atoms with Crippen molar-refractivity contribution in [3.63, 3.8) is 0 Å². The highest BCUT2D eigenvalue weighted by atomic mass is 35.5. The van der Waals surface area contributed by atoms with Gasteiger partial charge in [0.05, 0.1) is 31.3 Å². The number of aromatic nitrogens is 3. The Labute approximate surface area is 248 Å². The summed E-state index contributed by atoms with van der Waals surface area (Å²) in [6.07, 6.45) is 9.02. The molecule has 2 atom stereocenters. The summed E-state index contributed by atoms with van der Waals surface area (Å²) in [5.41, 5.74) is 1.85. The van der Waals surface area contributed by atoms with E-state index in [2.05, 4.69) is 23.5 Å². The van der Waals surface area contributed by atoms with Crippen LogP contribution in [0.5, 0.6) is 0 Å². The highest BCUT2D eigenvalue weighted by molar-refractivity contribution is 7.85. The van der Waals surface area contributed by atoms with Crippen LogP contribution in [0.25, 0.3) is 11.1 Å². The topological polar surface area (TPSA) is 110 Å². The standard InChI is InChI=1S/C30H42ClN3O6S/c1-20-22(21-8-9-23(31)33-24(21)25(35)40-26(2,3)4)12-32-34(20)19-29-14-27(5)13-28(6,15-29)17-30(16-27,18-29)38-10-11-39-41(7,36)37/h8-9,12H,10-11,13-19H2,1-7H3. The van der Waals surface area contributed by atoms with E-state index in [-0.39, 0.29) is 45.9 Å². The van der Waals surface area contributed by atoms with Crippen molar-refractivity contribution in [2.24, 2.45) is 16.2 Å². The monoisotopic (exact) mass is 607 g/mol. The van der Waals surface area contributed by atoms with Gasteiger partial charge >= 0.3 is 5.97 Å². The van der Waals surface area contributed by atoms with Gasteiger partial charge in [0.25, 0.3) is 10.1 Å². The Morgan fingerprint density at radius 3 is 2.29 bits per heavy atom. The van der Waals surface area contributed by atoms with Crippen LogP contribution >= 0.6 is 11.6 Å². The Kier molecular flexibility index (Phi) is 7.45. The second-order valence-electron chi connectivity index (χ2n) is 14.6. The largest absolute Gasteiger partial charge is 0.455 e. The van der Waals surface area contributed by atoms with E-state index >= 15 is 0 Å². The van der Waals surface area contributed by atoms with Gasteiger partial charge in [0, 0.05) is 23.4 Å². The number of nitrogens with zero attached hydrogens (tertiary/aromatic N) is 3. The van der Waals surface area contributed by atoms with E-state index < -0.39 is 21.7 Å². The summed E-state index contributed by atoms with van der Waals surface area (Å²) >= 11 is 6.19. The zero-order chi connectivity index (χ0) is 30.1. The molecule has 0 radical (unpaired) electrons. The van der Waals surface area contributed by atoms with Gasteiger partial charge < -0.3 is 9.47 Å². The molecule has 2 aromatic rings. The zero-order valence-corrected chi connectivity index (χ0v) is 26.7. The molecule has 0 aliphatic heterocycles. The Bertz CT molecular complexity index is 1440. The molecule has 0 N–H and O–H groups in total. The fraction of sp³-hybridized carbons (Fsp3) is 0.700. The lowest BCUT2D eigenvalue weighted by molar-refractivity contribution is -0.249. The van der Waals surface area contributed by atoms with Gasteiger partial charge in [-0.25, -0.2) is 9.78 Å². The van der Waals surface area contributed by atoms with Gasteiger partial charge in [0.2, 0.25) is 0 Å². The third-order valence-corrected chi connectivity index (χ3v) is 9.58. The van der Waals surface area contributed by atoms with Crippen molar-refractivity contribution in [3.8, 4) is 11.1 Å². The Morgan fingerprint density at radius 2 is 1.68 bits per heavy atom. The molecule has 0 aromatic carbocycles. The molecule has 6 rings (SSSR count). The van der Waals surface area contributed by atoms with Crippen LogP contribution in [0.4, 0.5) is 0 Å². The summed E-state index contributed by atoms with van der Waals surface area (Å²) in [5, 5.41) is 5.04. The van der Waals surface area contributed by atoms with Crippen LogP contribution in [0.15, 0.2) is 18.3 Å². The maximum atomic E-state index is 13.1. The highest BCUT2D eigenvalue weighted by Gasteiger charge is 2.66. The first-order valence-electron chi connectivity index (χ1n) is 14.2. The summed E-state index contributed by atoms with van der Waals surface area (Å²) in [6, 6.07) is 3.48. The molecule has 4 saturated carbocycles. The molecule has 4 aliphatic rings. The van der Waals surface area contributed by atoms with Crippen LogP contribution in [0, 0.1) is 23.2 Å². The minimum absolute atomic E-state index is 0.0176. The average molecular weight is 608 g/mol. The molecule has 4 aliphatic carbocycles. The second kappa shape index (κ2) is 10.0. The maximum absolute atomic E-state index is 13.1. The van der Waals surface area contributed by atoms with Crippen LogP contribution in [0.2, 0.25) is 5.15 Å². The van der Waals surface area contributed by atoms with Crippen molar-refractivity contribution in [2.75, 3.05) is 19.5 Å². The summed E-state index contributed by atoms with van der Waals surface area (Å²) in [4.78, 5) is 17.4. The number of pyridine rings is 1. The van der Waals surface area contributed by atoms with Gasteiger partial charge in [-0.1, -0.05) is 25.4 Å². The van der Waals surface area contributed by atoms with Crippen molar-refractivity contribution >= 4 is 27.7 Å². The van der Waals surface area contributed by atoms with Gasteiger partial charge in [-0.15, -0.1) is 0 Å². The minimum Gasteiger partial charge on any atom is -0.455 e. The summed E-state index contributed by atoms with van der Waals surface area (Å²) in [7, 11) is -3.51. The number of esters is 1. The molecule has 0 amide bonds. The van der Waals surface area contributed by atoms with E-state index in [1.165, 1.54) is 0 Å². The summed E-state index contributed by atoms with van der Waals surface area (Å²) in [6.45, 7) is 13.2. The predicted octanol–water partition coefficient (Wildman–Crippen LogP) is 5.97. The van der Waals surface area contributed by atoms with Gasteiger partial charge in [-0.2, -0.15) is 13.5 Å². The molecule has 2 heterocycles. The van der Waals surface area contributed by atoms with Gasteiger partial charge in [0.1, 0.15) is 10.8 Å². The van der Waals surface area contributed by atoms with E-state index in [0.717, 1.165) is 62.6 Å². The van der Waals surface area contributed by atoms with Crippen molar-refractivity contribution in [1.82, 2.24) is 14.8 Å². The molecule has 4 bridgehead atoms. The number of ether oxygens (including phenoxy) is 2. The van der Waals surface area contributed by atoms with E-state index in [4.69, 9.17) is 30.4 Å². The van der Waals surface area contributed by atoms with Gasteiger partial charge in [0.15, 0.2) is 5.69 Å². The Balaban J connectivity index is 1.42. The Morgan fingerprint density at radius 1 is 1.02 bits per heavy atom. The first kappa shape index (κ1) is 30.4. The van der Waals surface area contributed by atoms with Gasteiger partial charge in [-0.05, 0) is 94.6 Å². The smallest absolute Gasteiger partial charge is 0.358 e. The quantitative estimate of drug-likeness (QED) is 0.148. The predicted molar refractivity (Wildman–Crippen MR) is 156 cm³/mol. The first-order chi connectivity index (χ1) is 18.8. The molecule has 41 heavy (non-hydrogen) atoms. The molecule has 9 nitrogen and oxygen atoms in total. The lowest BCUT2D eigenvalue weighted by Crippen LogP contribution is -2.64. The SMILES string of the molecule is Cc1c(-c2ccc(Cl)nc2C(=O)OC(C)(C)C)cnn1CC12CC3(C)CC(C)(C1)CC(OCCOS(C)(=O)=O)(C3)C2. The number of rotatable bonds is 9. The molecule has 4 fully saturated rings. The van der Waals surface area contributed by atoms with Crippen LogP contribution in [0.1, 0.15) is 89.3 Å². The van der Waals surface area contributed by atoms with Crippen LogP contribution in [0.3, 0.4) is 0 Å². The van der Waals surface area contributed by atoms with Crippen LogP contribution < -0.4 is 0 Å². The van der Waals surface area contributed by atoms with Crippen molar-refractivity contribution in [2.45, 2.75) is 97.8 Å². The van der Waals surface area contributed by atoms with Crippen molar-refractivity contribution in [3.05, 3.63) is 34.9 Å². The average Bonchev–Trinajstić information content (AvgIpc) is 3.12. The molecule has 11 heteroatoms. The van der Waals surface area contributed by atoms with Crippen LogP contribution in [-0.4, -0.2) is 59.8 Å². The number of carbonyl (C=O) groups excluding carboxylic acids is 1. The fourth-order valence-corrected chi connectivity index (χ4v) is 9.44. The van der Waals surface area contributed by atoms with Crippen molar-refractivity contribution < 1.29 is 26.9 Å². The number of halogens is 1. The highest BCUT2D eigenvalue weighted by Crippen LogP contribution is 2.72. The molecule has 2 unspecified atom stereocenters. The molecular weight excluding hydrogens is 566 g/mol. The number of carbonyl (C=O) groups is 1. The van der Waals surface area contributed by atoms with E-state index in [9.17, 15) is 13.2 Å². The van der Waals surface area contributed by atoms with Crippen LogP contribution in [-0.2, 0) is 30.3 Å². The molecular formula is C30H42ClN3O6S. The lowest BCUT2D eigenvalue weighted by Gasteiger charge is -2.69. The summed E-state index contributed by atoms with van der Waals surface area (Å²) in [5.74, 6) is -0.525. The van der Waals surface area contributed by atoms with Crippen molar-refractivity contribution in [1.29, 1.82) is 0 Å².